The quantitative estimate of drug-likeness (QED) is 0.871. The minimum absolute atomic E-state index is 0.0334. The van der Waals surface area contributed by atoms with Crippen LogP contribution in [0.2, 0.25) is 0 Å². The smallest absolute Gasteiger partial charge is 0.223 e. The van der Waals surface area contributed by atoms with E-state index in [-0.39, 0.29) is 17.2 Å². The van der Waals surface area contributed by atoms with Gasteiger partial charge in [-0.3, -0.25) is 9.59 Å². The Bertz CT molecular complexity index is 581. The van der Waals surface area contributed by atoms with Crippen LogP contribution < -0.4 is 10.2 Å². The predicted octanol–water partition coefficient (Wildman–Crippen LogP) is 4.18. The first-order chi connectivity index (χ1) is 11.8. The molecule has 1 saturated carbocycles. The maximum Gasteiger partial charge on any atom is 0.223 e. The van der Waals surface area contributed by atoms with Crippen molar-refractivity contribution in [3.63, 3.8) is 0 Å². The molecule has 1 N–H and O–H groups in total. The lowest BCUT2D eigenvalue weighted by Gasteiger charge is -2.25. The third-order valence-electron chi connectivity index (χ3n) is 4.96. The van der Waals surface area contributed by atoms with Crippen LogP contribution in [-0.2, 0) is 15.0 Å². The minimum atomic E-state index is -0.0334. The summed E-state index contributed by atoms with van der Waals surface area (Å²) in [6.07, 6.45) is 6.17. The summed E-state index contributed by atoms with van der Waals surface area (Å²) in [5.74, 6) is 0.0124. The Kier molecular flexibility index (Phi) is 6.63. The molecule has 25 heavy (non-hydrogen) atoms. The van der Waals surface area contributed by atoms with Gasteiger partial charge >= 0.3 is 0 Å². The van der Waals surface area contributed by atoms with Crippen molar-refractivity contribution in [3.8, 4) is 0 Å². The van der Waals surface area contributed by atoms with E-state index in [9.17, 15) is 9.59 Å². The zero-order valence-electron chi connectivity index (χ0n) is 16.1. The Morgan fingerprint density at radius 2 is 1.68 bits per heavy atom. The zero-order valence-corrected chi connectivity index (χ0v) is 16.1. The van der Waals surface area contributed by atoms with Crippen molar-refractivity contribution >= 4 is 17.5 Å². The molecule has 4 heteroatoms. The molecule has 0 radical (unpaired) electrons. The van der Waals surface area contributed by atoms with Gasteiger partial charge in [-0.2, -0.15) is 0 Å². The van der Waals surface area contributed by atoms with E-state index in [1.807, 2.05) is 12.1 Å². The number of amides is 2. The standard InChI is InChI=1S/C21H32N2O2/c1-16(24)23(19-12-10-17(11-13-19)21(2,3)4)15-14-20(25)22-18-8-6-5-7-9-18/h10-13,18H,5-9,14-15H2,1-4H3,(H,22,25). The summed E-state index contributed by atoms with van der Waals surface area (Å²) < 4.78 is 0. The molecule has 0 heterocycles. The highest BCUT2D eigenvalue weighted by atomic mass is 16.2. The number of nitrogens with one attached hydrogen (secondary N) is 1. The van der Waals surface area contributed by atoms with Crippen molar-refractivity contribution in [3.05, 3.63) is 29.8 Å². The van der Waals surface area contributed by atoms with E-state index < -0.39 is 0 Å². The first-order valence-corrected chi connectivity index (χ1v) is 9.45. The minimum Gasteiger partial charge on any atom is -0.353 e. The number of anilines is 1. The molecule has 0 atom stereocenters. The van der Waals surface area contributed by atoms with Gasteiger partial charge in [-0.25, -0.2) is 0 Å². The Morgan fingerprint density at radius 3 is 2.20 bits per heavy atom. The van der Waals surface area contributed by atoms with Gasteiger partial charge in [0.15, 0.2) is 0 Å². The molecular formula is C21H32N2O2. The van der Waals surface area contributed by atoms with Gasteiger partial charge in [0.1, 0.15) is 0 Å². The normalized spacial score (nSPS) is 15.7. The van der Waals surface area contributed by atoms with Gasteiger partial charge in [0.05, 0.1) is 0 Å². The van der Waals surface area contributed by atoms with Crippen LogP contribution >= 0.6 is 0 Å². The molecule has 0 spiro atoms. The van der Waals surface area contributed by atoms with Gasteiger partial charge in [-0.05, 0) is 36.0 Å². The SMILES string of the molecule is CC(=O)N(CCC(=O)NC1CCCCC1)c1ccc(C(C)(C)C)cc1. The summed E-state index contributed by atoms with van der Waals surface area (Å²) in [6.45, 7) is 8.47. The van der Waals surface area contributed by atoms with Gasteiger partial charge in [0.2, 0.25) is 11.8 Å². The average Bonchev–Trinajstić information content (AvgIpc) is 2.55. The second kappa shape index (κ2) is 8.50. The summed E-state index contributed by atoms with van der Waals surface area (Å²) in [5.41, 5.74) is 2.17. The number of rotatable bonds is 5. The number of benzene rings is 1. The van der Waals surface area contributed by atoms with Gasteiger partial charge < -0.3 is 10.2 Å². The highest BCUT2D eigenvalue weighted by Crippen LogP contribution is 2.25. The molecule has 1 aliphatic rings. The third kappa shape index (κ3) is 5.87. The topological polar surface area (TPSA) is 49.4 Å². The van der Waals surface area contributed by atoms with Crippen LogP contribution in [-0.4, -0.2) is 24.4 Å². The van der Waals surface area contributed by atoms with Crippen molar-refractivity contribution in [1.29, 1.82) is 0 Å². The van der Waals surface area contributed by atoms with E-state index >= 15 is 0 Å². The molecule has 2 rings (SSSR count). The molecule has 1 fully saturated rings. The molecule has 0 aromatic heterocycles. The molecule has 1 aromatic carbocycles. The number of hydrogen-bond donors (Lipinski definition) is 1. The largest absolute Gasteiger partial charge is 0.353 e. The second-order valence-electron chi connectivity index (χ2n) is 8.12. The van der Waals surface area contributed by atoms with E-state index in [0.717, 1.165) is 18.5 Å². The maximum absolute atomic E-state index is 12.2. The lowest BCUT2D eigenvalue weighted by molar-refractivity contribution is -0.121. The Balaban J connectivity index is 1.94. The molecular weight excluding hydrogens is 312 g/mol. The fourth-order valence-corrected chi connectivity index (χ4v) is 3.37. The highest BCUT2D eigenvalue weighted by molar-refractivity contribution is 5.92. The Labute approximate surface area is 152 Å². The van der Waals surface area contributed by atoms with E-state index in [4.69, 9.17) is 0 Å². The third-order valence-corrected chi connectivity index (χ3v) is 4.96. The Morgan fingerprint density at radius 1 is 1.08 bits per heavy atom. The van der Waals surface area contributed by atoms with E-state index in [1.54, 1.807) is 11.8 Å². The van der Waals surface area contributed by atoms with Crippen molar-refractivity contribution in [2.24, 2.45) is 0 Å². The van der Waals surface area contributed by atoms with E-state index in [0.29, 0.717) is 19.0 Å². The number of carbonyl (C=O) groups is 2. The summed E-state index contributed by atoms with van der Waals surface area (Å²) in [4.78, 5) is 25.9. The van der Waals surface area contributed by atoms with Crippen LogP contribution in [0.25, 0.3) is 0 Å². The predicted molar refractivity (Wildman–Crippen MR) is 103 cm³/mol. The number of carbonyl (C=O) groups excluding carboxylic acids is 2. The molecule has 4 nitrogen and oxygen atoms in total. The monoisotopic (exact) mass is 344 g/mol. The average molecular weight is 344 g/mol. The van der Waals surface area contributed by atoms with Crippen molar-refractivity contribution in [1.82, 2.24) is 5.32 Å². The zero-order chi connectivity index (χ0) is 18.4. The number of nitrogens with zero attached hydrogens (tertiary/aromatic N) is 1. The lowest BCUT2D eigenvalue weighted by Crippen LogP contribution is -2.39. The van der Waals surface area contributed by atoms with Gasteiger partial charge in [-0.15, -0.1) is 0 Å². The first-order valence-electron chi connectivity index (χ1n) is 9.45. The van der Waals surface area contributed by atoms with Crippen LogP contribution in [0, 0.1) is 0 Å². The molecule has 0 saturated heterocycles. The molecule has 1 aromatic rings. The first kappa shape index (κ1) is 19.5. The summed E-state index contributed by atoms with van der Waals surface area (Å²) in [5, 5.41) is 3.12. The summed E-state index contributed by atoms with van der Waals surface area (Å²) in [7, 11) is 0. The molecule has 138 valence electrons. The van der Waals surface area contributed by atoms with Crippen LogP contribution in [0.3, 0.4) is 0 Å². The summed E-state index contributed by atoms with van der Waals surface area (Å²) in [6, 6.07) is 8.39. The van der Waals surface area contributed by atoms with Crippen LogP contribution in [0.1, 0.15) is 71.8 Å². The number of hydrogen-bond acceptors (Lipinski definition) is 2. The molecule has 1 aliphatic carbocycles. The molecule has 0 unspecified atom stereocenters. The van der Waals surface area contributed by atoms with Crippen LogP contribution in [0.5, 0.6) is 0 Å². The van der Waals surface area contributed by atoms with Crippen molar-refractivity contribution in [2.45, 2.75) is 77.7 Å². The molecule has 0 aliphatic heterocycles. The Hall–Kier alpha value is -1.84. The van der Waals surface area contributed by atoms with Gasteiger partial charge in [0.25, 0.3) is 0 Å². The van der Waals surface area contributed by atoms with Gasteiger partial charge in [0, 0.05) is 31.6 Å². The fraction of sp³-hybridized carbons (Fsp3) is 0.619. The molecule has 2 amide bonds. The second-order valence-corrected chi connectivity index (χ2v) is 8.12. The van der Waals surface area contributed by atoms with Crippen molar-refractivity contribution in [2.75, 3.05) is 11.4 Å². The lowest BCUT2D eigenvalue weighted by atomic mass is 9.87. The highest BCUT2D eigenvalue weighted by Gasteiger charge is 2.19. The maximum atomic E-state index is 12.2. The van der Waals surface area contributed by atoms with Crippen molar-refractivity contribution < 1.29 is 9.59 Å². The van der Waals surface area contributed by atoms with Crippen LogP contribution in [0.4, 0.5) is 5.69 Å². The summed E-state index contributed by atoms with van der Waals surface area (Å²) >= 11 is 0. The van der Waals surface area contributed by atoms with E-state index in [2.05, 4.69) is 38.2 Å². The van der Waals surface area contributed by atoms with E-state index in [1.165, 1.54) is 24.8 Å². The van der Waals surface area contributed by atoms with Gasteiger partial charge in [-0.1, -0.05) is 52.2 Å². The molecule has 0 bridgehead atoms. The van der Waals surface area contributed by atoms with Crippen LogP contribution in [0.15, 0.2) is 24.3 Å². The fourth-order valence-electron chi connectivity index (χ4n) is 3.37.